The summed E-state index contributed by atoms with van der Waals surface area (Å²) < 4.78 is 10.9. The number of amides is 1. The highest BCUT2D eigenvalue weighted by Gasteiger charge is 2.14. The number of carbonyl (C=O) groups excluding carboxylic acids is 1. The fourth-order valence-electron chi connectivity index (χ4n) is 2.14. The molecular weight excluding hydrogens is 304 g/mol. The van der Waals surface area contributed by atoms with Crippen molar-refractivity contribution >= 4 is 11.6 Å². The Morgan fingerprint density at radius 2 is 1.75 bits per heavy atom. The van der Waals surface area contributed by atoms with Crippen LogP contribution in [0, 0.1) is 0 Å². The summed E-state index contributed by atoms with van der Waals surface area (Å²) in [4.78, 5) is 16.7. The molecule has 0 fully saturated rings. The predicted molar refractivity (Wildman–Crippen MR) is 91.7 cm³/mol. The van der Waals surface area contributed by atoms with Crippen LogP contribution in [0.3, 0.4) is 0 Å². The van der Waals surface area contributed by atoms with Crippen LogP contribution in [-0.2, 0) is 0 Å². The lowest BCUT2D eigenvalue weighted by Gasteiger charge is -2.11. The number of methoxy groups -OCH3 is 1. The number of pyridine rings is 1. The molecule has 120 valence electrons. The Bertz CT molecular complexity index is 835. The van der Waals surface area contributed by atoms with E-state index in [-0.39, 0.29) is 11.8 Å². The molecule has 1 heterocycles. The van der Waals surface area contributed by atoms with E-state index in [2.05, 4.69) is 10.3 Å². The highest BCUT2D eigenvalue weighted by molar-refractivity contribution is 6.05. The van der Waals surface area contributed by atoms with Gasteiger partial charge in [0.2, 0.25) is 5.88 Å². The van der Waals surface area contributed by atoms with Crippen LogP contribution in [0.1, 0.15) is 10.4 Å². The van der Waals surface area contributed by atoms with E-state index < -0.39 is 0 Å². The van der Waals surface area contributed by atoms with Crippen LogP contribution in [0.15, 0.2) is 72.9 Å². The monoisotopic (exact) mass is 320 g/mol. The van der Waals surface area contributed by atoms with Crippen molar-refractivity contribution in [3.8, 4) is 17.4 Å². The summed E-state index contributed by atoms with van der Waals surface area (Å²) in [6, 6.07) is 19.7. The zero-order valence-corrected chi connectivity index (χ0v) is 13.1. The molecule has 5 heteroatoms. The van der Waals surface area contributed by atoms with Gasteiger partial charge < -0.3 is 14.8 Å². The Labute approximate surface area is 139 Å². The number of rotatable bonds is 5. The van der Waals surface area contributed by atoms with Crippen LogP contribution in [-0.4, -0.2) is 18.0 Å². The quantitative estimate of drug-likeness (QED) is 0.767. The zero-order valence-electron chi connectivity index (χ0n) is 13.1. The SMILES string of the molecule is COc1cccc(NC(=O)c2cccnc2Oc2ccccc2)c1. The molecule has 0 aliphatic carbocycles. The molecule has 5 nitrogen and oxygen atoms in total. The Hall–Kier alpha value is -3.34. The van der Waals surface area contributed by atoms with Gasteiger partial charge in [-0.3, -0.25) is 4.79 Å². The first kappa shape index (κ1) is 15.6. The molecule has 1 aromatic heterocycles. The summed E-state index contributed by atoms with van der Waals surface area (Å²) in [5, 5.41) is 2.82. The number of anilines is 1. The van der Waals surface area contributed by atoms with Gasteiger partial charge in [0.1, 0.15) is 17.1 Å². The number of aromatic nitrogens is 1. The maximum atomic E-state index is 12.6. The number of ether oxygens (including phenoxy) is 2. The molecule has 0 saturated carbocycles. The van der Waals surface area contributed by atoms with Gasteiger partial charge in [-0.15, -0.1) is 0 Å². The van der Waals surface area contributed by atoms with E-state index in [1.165, 1.54) is 0 Å². The van der Waals surface area contributed by atoms with Crippen molar-refractivity contribution in [2.24, 2.45) is 0 Å². The largest absolute Gasteiger partial charge is 0.497 e. The average Bonchev–Trinajstić information content (AvgIpc) is 2.63. The Balaban J connectivity index is 1.82. The number of hydrogen-bond acceptors (Lipinski definition) is 4. The number of para-hydroxylation sites is 1. The smallest absolute Gasteiger partial charge is 0.261 e. The first-order chi connectivity index (χ1) is 11.8. The van der Waals surface area contributed by atoms with Gasteiger partial charge in [0, 0.05) is 18.0 Å². The molecule has 1 amide bonds. The number of nitrogens with one attached hydrogen (secondary N) is 1. The molecule has 0 bridgehead atoms. The van der Waals surface area contributed by atoms with Crippen molar-refractivity contribution in [2.75, 3.05) is 12.4 Å². The molecule has 0 aliphatic heterocycles. The van der Waals surface area contributed by atoms with Gasteiger partial charge >= 0.3 is 0 Å². The molecule has 0 saturated heterocycles. The minimum atomic E-state index is -0.303. The van der Waals surface area contributed by atoms with Gasteiger partial charge in [0.05, 0.1) is 7.11 Å². The maximum Gasteiger partial charge on any atom is 0.261 e. The van der Waals surface area contributed by atoms with Gasteiger partial charge in [0.15, 0.2) is 0 Å². The molecule has 0 spiro atoms. The number of carbonyl (C=O) groups is 1. The molecule has 3 aromatic rings. The van der Waals surface area contributed by atoms with Crippen LogP contribution in [0.4, 0.5) is 5.69 Å². The molecule has 0 unspecified atom stereocenters. The third kappa shape index (κ3) is 3.70. The van der Waals surface area contributed by atoms with Gasteiger partial charge in [-0.1, -0.05) is 24.3 Å². The van der Waals surface area contributed by atoms with Crippen molar-refractivity contribution in [1.29, 1.82) is 0 Å². The lowest BCUT2D eigenvalue weighted by molar-refractivity contribution is 0.102. The molecule has 3 rings (SSSR count). The molecule has 0 radical (unpaired) electrons. The van der Waals surface area contributed by atoms with E-state index in [1.807, 2.05) is 24.3 Å². The maximum absolute atomic E-state index is 12.6. The van der Waals surface area contributed by atoms with Crippen LogP contribution < -0.4 is 14.8 Å². The highest BCUT2D eigenvalue weighted by atomic mass is 16.5. The summed E-state index contributed by atoms with van der Waals surface area (Å²) in [5.41, 5.74) is 0.984. The molecule has 0 aliphatic rings. The lowest BCUT2D eigenvalue weighted by atomic mass is 10.2. The van der Waals surface area contributed by atoms with Crippen LogP contribution in [0.25, 0.3) is 0 Å². The van der Waals surface area contributed by atoms with Crippen molar-refractivity contribution in [3.63, 3.8) is 0 Å². The topological polar surface area (TPSA) is 60.5 Å². The van der Waals surface area contributed by atoms with E-state index in [0.717, 1.165) is 0 Å². The second kappa shape index (κ2) is 7.28. The summed E-state index contributed by atoms with van der Waals surface area (Å²) >= 11 is 0. The molecule has 24 heavy (non-hydrogen) atoms. The second-order valence-corrected chi connectivity index (χ2v) is 4.96. The molecule has 0 atom stereocenters. The Morgan fingerprint density at radius 3 is 2.54 bits per heavy atom. The van der Waals surface area contributed by atoms with Crippen molar-refractivity contribution < 1.29 is 14.3 Å². The van der Waals surface area contributed by atoms with Crippen molar-refractivity contribution in [3.05, 3.63) is 78.5 Å². The number of benzene rings is 2. The Kier molecular flexibility index (Phi) is 4.72. The van der Waals surface area contributed by atoms with E-state index in [1.54, 1.807) is 55.8 Å². The lowest BCUT2D eigenvalue weighted by Crippen LogP contribution is -2.13. The van der Waals surface area contributed by atoms with Crippen LogP contribution >= 0.6 is 0 Å². The van der Waals surface area contributed by atoms with Gasteiger partial charge in [-0.05, 0) is 36.4 Å². The van der Waals surface area contributed by atoms with Gasteiger partial charge in [-0.2, -0.15) is 0 Å². The average molecular weight is 320 g/mol. The normalized spacial score (nSPS) is 10.0. The first-order valence-corrected chi connectivity index (χ1v) is 7.39. The van der Waals surface area contributed by atoms with Crippen molar-refractivity contribution in [2.45, 2.75) is 0 Å². The van der Waals surface area contributed by atoms with Crippen LogP contribution in [0.2, 0.25) is 0 Å². The molecule has 1 N–H and O–H groups in total. The van der Waals surface area contributed by atoms with E-state index in [4.69, 9.17) is 9.47 Å². The zero-order chi connectivity index (χ0) is 16.8. The van der Waals surface area contributed by atoms with Gasteiger partial charge in [0.25, 0.3) is 5.91 Å². The van der Waals surface area contributed by atoms with E-state index >= 15 is 0 Å². The summed E-state index contributed by atoms with van der Waals surface area (Å²) in [7, 11) is 1.58. The summed E-state index contributed by atoms with van der Waals surface area (Å²) in [5.74, 6) is 1.23. The molecule has 2 aromatic carbocycles. The summed E-state index contributed by atoms with van der Waals surface area (Å²) in [6.45, 7) is 0. The third-order valence-corrected chi connectivity index (χ3v) is 3.30. The third-order valence-electron chi connectivity index (χ3n) is 3.30. The molecular formula is C19H16N2O3. The fraction of sp³-hybridized carbons (Fsp3) is 0.0526. The minimum Gasteiger partial charge on any atom is -0.497 e. The predicted octanol–water partition coefficient (Wildman–Crippen LogP) is 4.13. The second-order valence-electron chi connectivity index (χ2n) is 4.96. The number of nitrogens with zero attached hydrogens (tertiary/aromatic N) is 1. The minimum absolute atomic E-state index is 0.254. The van der Waals surface area contributed by atoms with Gasteiger partial charge in [-0.25, -0.2) is 4.98 Å². The van der Waals surface area contributed by atoms with Crippen LogP contribution in [0.5, 0.6) is 17.4 Å². The number of hydrogen-bond donors (Lipinski definition) is 1. The van der Waals surface area contributed by atoms with Crippen molar-refractivity contribution in [1.82, 2.24) is 4.98 Å². The standard InChI is InChI=1S/C19H16N2O3/c1-23-16-10-5-7-14(13-16)21-18(22)17-11-6-12-20-19(17)24-15-8-3-2-4-9-15/h2-13H,1H3,(H,21,22). The highest BCUT2D eigenvalue weighted by Crippen LogP contribution is 2.24. The van der Waals surface area contributed by atoms with E-state index in [0.29, 0.717) is 22.7 Å². The van der Waals surface area contributed by atoms with E-state index in [9.17, 15) is 4.79 Å². The Morgan fingerprint density at radius 1 is 0.958 bits per heavy atom. The summed E-state index contributed by atoms with van der Waals surface area (Å²) in [6.07, 6.45) is 1.58. The fourth-order valence-corrected chi connectivity index (χ4v) is 2.14. The first-order valence-electron chi connectivity index (χ1n) is 7.39.